The van der Waals surface area contributed by atoms with E-state index in [0.29, 0.717) is 29.8 Å². The van der Waals surface area contributed by atoms with Crippen molar-refractivity contribution in [2.45, 2.75) is 13.3 Å². The summed E-state index contributed by atoms with van der Waals surface area (Å²) in [4.78, 5) is 31.6. The molecule has 0 unspecified atom stereocenters. The highest BCUT2D eigenvalue weighted by molar-refractivity contribution is 6.26. The predicted octanol–water partition coefficient (Wildman–Crippen LogP) is 3.39. The van der Waals surface area contributed by atoms with Crippen molar-refractivity contribution < 1.29 is 14.3 Å². The number of carbonyl (C=O) groups is 2. The molecule has 0 aliphatic carbocycles. The zero-order chi connectivity index (χ0) is 18.3. The first-order chi connectivity index (χ1) is 12.6. The van der Waals surface area contributed by atoms with Crippen LogP contribution in [-0.4, -0.2) is 35.4 Å². The molecule has 5 heteroatoms. The van der Waals surface area contributed by atoms with Gasteiger partial charge in [0.15, 0.2) is 0 Å². The molecule has 130 valence electrons. The lowest BCUT2D eigenvalue weighted by molar-refractivity contribution is 0.0656. The van der Waals surface area contributed by atoms with Crippen LogP contribution in [0.4, 0.5) is 0 Å². The summed E-state index contributed by atoms with van der Waals surface area (Å²) in [5.41, 5.74) is 3.30. The van der Waals surface area contributed by atoms with Crippen molar-refractivity contribution in [1.82, 2.24) is 9.88 Å². The first-order valence-corrected chi connectivity index (χ1v) is 8.48. The van der Waals surface area contributed by atoms with Crippen LogP contribution in [0.3, 0.4) is 0 Å². The maximum atomic E-state index is 13.0. The zero-order valence-electron chi connectivity index (χ0n) is 14.7. The average molecular weight is 346 g/mol. The highest BCUT2D eigenvalue weighted by Gasteiger charge is 2.38. The number of carbonyl (C=O) groups excluding carboxylic acids is 2. The molecule has 5 nitrogen and oxygen atoms in total. The third kappa shape index (κ3) is 2.52. The molecular formula is C21H18N2O3. The van der Waals surface area contributed by atoms with Crippen LogP contribution in [0.15, 0.2) is 48.5 Å². The van der Waals surface area contributed by atoms with Gasteiger partial charge < -0.3 is 4.74 Å². The van der Waals surface area contributed by atoms with Crippen molar-refractivity contribution in [1.29, 1.82) is 0 Å². The third-order valence-electron chi connectivity index (χ3n) is 4.77. The van der Waals surface area contributed by atoms with Gasteiger partial charge in [0.05, 0.1) is 29.4 Å². The summed E-state index contributed by atoms with van der Waals surface area (Å²) in [7, 11) is 1.62. The summed E-state index contributed by atoms with van der Waals surface area (Å²) in [6.45, 7) is 2.12. The Morgan fingerprint density at radius 1 is 0.962 bits per heavy atom. The molecule has 0 saturated carbocycles. The molecule has 0 radical (unpaired) electrons. The molecule has 0 saturated heterocycles. The van der Waals surface area contributed by atoms with Crippen LogP contribution in [-0.2, 0) is 6.42 Å². The quantitative estimate of drug-likeness (QED) is 0.680. The summed E-state index contributed by atoms with van der Waals surface area (Å²) in [6, 6.07) is 15.1. The van der Waals surface area contributed by atoms with E-state index < -0.39 is 0 Å². The second-order valence-corrected chi connectivity index (χ2v) is 6.32. The number of benzene rings is 2. The fourth-order valence-corrected chi connectivity index (χ4v) is 3.42. The maximum absolute atomic E-state index is 13.0. The van der Waals surface area contributed by atoms with Gasteiger partial charge in [-0.15, -0.1) is 0 Å². The number of nitrogens with zero attached hydrogens (tertiary/aromatic N) is 2. The minimum Gasteiger partial charge on any atom is -0.497 e. The van der Waals surface area contributed by atoms with Gasteiger partial charge >= 0.3 is 0 Å². The lowest BCUT2D eigenvalue weighted by Crippen LogP contribution is -2.31. The second-order valence-electron chi connectivity index (χ2n) is 6.32. The van der Waals surface area contributed by atoms with Crippen LogP contribution >= 0.6 is 0 Å². The number of amides is 2. The minimum atomic E-state index is -0.255. The van der Waals surface area contributed by atoms with Crippen molar-refractivity contribution in [3.63, 3.8) is 0 Å². The van der Waals surface area contributed by atoms with E-state index in [1.165, 1.54) is 4.90 Å². The number of aryl methyl sites for hydroxylation is 1. The molecule has 0 bridgehead atoms. The van der Waals surface area contributed by atoms with Gasteiger partial charge in [0.1, 0.15) is 5.75 Å². The molecular weight excluding hydrogens is 328 g/mol. The Kier molecular flexibility index (Phi) is 3.92. The molecule has 26 heavy (non-hydrogen) atoms. The highest BCUT2D eigenvalue weighted by atomic mass is 16.5. The summed E-state index contributed by atoms with van der Waals surface area (Å²) in [5, 5.41) is 0.735. The van der Waals surface area contributed by atoms with E-state index in [0.717, 1.165) is 22.2 Å². The normalized spacial score (nSPS) is 13.4. The SMILES string of the molecule is COc1ccc(CCN2C(=O)c3c(C)nc4ccccc4c3C2=O)cc1. The fourth-order valence-electron chi connectivity index (χ4n) is 3.42. The first kappa shape index (κ1) is 16.3. The third-order valence-corrected chi connectivity index (χ3v) is 4.77. The van der Waals surface area contributed by atoms with E-state index >= 15 is 0 Å². The van der Waals surface area contributed by atoms with Crippen molar-refractivity contribution in [2.75, 3.05) is 13.7 Å². The molecule has 3 aromatic rings. The Balaban J connectivity index is 1.64. The lowest BCUT2D eigenvalue weighted by atomic mass is 10.0. The van der Waals surface area contributed by atoms with Gasteiger partial charge in [0, 0.05) is 11.9 Å². The van der Waals surface area contributed by atoms with Crippen molar-refractivity contribution in [3.8, 4) is 5.75 Å². The Hall–Kier alpha value is -3.21. The number of pyridine rings is 1. The van der Waals surface area contributed by atoms with Gasteiger partial charge in [-0.3, -0.25) is 19.5 Å². The molecule has 4 rings (SSSR count). The number of ether oxygens (including phenoxy) is 1. The number of rotatable bonds is 4. The standard InChI is InChI=1S/C21H18N2O3/c1-13-18-19(16-5-3-4-6-17(16)22-13)21(25)23(20(18)24)12-11-14-7-9-15(26-2)10-8-14/h3-10H,11-12H2,1-2H3. The summed E-state index contributed by atoms with van der Waals surface area (Å²) in [5.74, 6) is 0.289. The number of fused-ring (bicyclic) bond motifs is 3. The Morgan fingerprint density at radius 2 is 1.65 bits per heavy atom. The van der Waals surface area contributed by atoms with Crippen LogP contribution in [0.5, 0.6) is 5.75 Å². The highest BCUT2D eigenvalue weighted by Crippen LogP contribution is 2.31. The van der Waals surface area contributed by atoms with E-state index in [2.05, 4.69) is 4.98 Å². The molecule has 0 N–H and O–H groups in total. The molecule has 2 amide bonds. The topological polar surface area (TPSA) is 59.5 Å². The van der Waals surface area contributed by atoms with Gasteiger partial charge in [-0.05, 0) is 37.1 Å². The monoisotopic (exact) mass is 346 g/mol. The van der Waals surface area contributed by atoms with Crippen LogP contribution in [0.2, 0.25) is 0 Å². The largest absolute Gasteiger partial charge is 0.497 e. The molecule has 1 aromatic heterocycles. The van der Waals surface area contributed by atoms with E-state index in [-0.39, 0.29) is 11.8 Å². The Labute approximate surface area is 151 Å². The van der Waals surface area contributed by atoms with Gasteiger partial charge in [-0.1, -0.05) is 30.3 Å². The van der Waals surface area contributed by atoms with Crippen LogP contribution in [0, 0.1) is 6.92 Å². The minimum absolute atomic E-state index is 0.236. The van der Waals surface area contributed by atoms with Gasteiger partial charge in [0.25, 0.3) is 11.8 Å². The summed E-state index contributed by atoms with van der Waals surface area (Å²) >= 11 is 0. The Bertz CT molecular complexity index is 1030. The van der Waals surface area contributed by atoms with Gasteiger partial charge in [0.2, 0.25) is 0 Å². The van der Waals surface area contributed by atoms with Crippen molar-refractivity contribution in [2.24, 2.45) is 0 Å². The molecule has 0 fully saturated rings. The number of hydrogen-bond donors (Lipinski definition) is 0. The van der Waals surface area contributed by atoms with E-state index in [4.69, 9.17) is 4.74 Å². The lowest BCUT2D eigenvalue weighted by Gasteiger charge is -2.14. The van der Waals surface area contributed by atoms with E-state index in [9.17, 15) is 9.59 Å². The number of aromatic nitrogens is 1. The summed E-state index contributed by atoms with van der Waals surface area (Å²) < 4.78 is 5.15. The fraction of sp³-hybridized carbons (Fsp3) is 0.190. The molecule has 0 atom stereocenters. The average Bonchev–Trinajstić information content (AvgIpc) is 2.92. The van der Waals surface area contributed by atoms with Crippen molar-refractivity contribution >= 4 is 22.7 Å². The predicted molar refractivity (Wildman–Crippen MR) is 98.5 cm³/mol. The number of para-hydroxylation sites is 1. The maximum Gasteiger partial charge on any atom is 0.263 e. The molecule has 1 aliphatic heterocycles. The molecule has 2 heterocycles. The molecule has 0 spiro atoms. The number of hydrogen-bond acceptors (Lipinski definition) is 4. The van der Waals surface area contributed by atoms with Crippen LogP contribution in [0.1, 0.15) is 32.0 Å². The zero-order valence-corrected chi connectivity index (χ0v) is 14.7. The van der Waals surface area contributed by atoms with Crippen LogP contribution in [0.25, 0.3) is 10.9 Å². The second kappa shape index (κ2) is 6.26. The number of methoxy groups -OCH3 is 1. The van der Waals surface area contributed by atoms with E-state index in [1.807, 2.05) is 48.5 Å². The first-order valence-electron chi connectivity index (χ1n) is 8.48. The van der Waals surface area contributed by atoms with Crippen LogP contribution < -0.4 is 4.74 Å². The molecule has 1 aliphatic rings. The summed E-state index contributed by atoms with van der Waals surface area (Å²) in [6.07, 6.45) is 0.597. The van der Waals surface area contributed by atoms with Gasteiger partial charge in [-0.25, -0.2) is 0 Å². The smallest absolute Gasteiger partial charge is 0.263 e. The Morgan fingerprint density at radius 3 is 2.38 bits per heavy atom. The van der Waals surface area contributed by atoms with E-state index in [1.54, 1.807) is 14.0 Å². The van der Waals surface area contributed by atoms with Crippen molar-refractivity contribution in [3.05, 3.63) is 70.9 Å². The number of imide groups is 1. The van der Waals surface area contributed by atoms with Gasteiger partial charge in [-0.2, -0.15) is 0 Å². The molecule has 2 aromatic carbocycles.